The largest absolute Gasteiger partial charge is 0.378 e. The van der Waals surface area contributed by atoms with E-state index in [0.29, 0.717) is 24.5 Å². The average Bonchev–Trinajstić information content (AvgIpc) is 3.22. The normalized spacial score (nSPS) is 16.9. The summed E-state index contributed by atoms with van der Waals surface area (Å²) in [5.74, 6) is -0.0580. The zero-order valence-electron chi connectivity index (χ0n) is 17.1. The number of aliphatic hydroxyl groups is 1. The quantitative estimate of drug-likeness (QED) is 0.493. The highest BCUT2D eigenvalue weighted by Gasteiger charge is 2.22. The molecule has 2 amide bonds. The second kappa shape index (κ2) is 10.7. The molecule has 1 unspecified atom stereocenters. The van der Waals surface area contributed by atoms with Crippen molar-refractivity contribution in [2.24, 2.45) is 0 Å². The molecule has 3 rings (SSSR count). The molecule has 11 heteroatoms. The Balaban J connectivity index is 1.37. The van der Waals surface area contributed by atoms with Crippen LogP contribution in [0.15, 0.2) is 18.3 Å². The van der Waals surface area contributed by atoms with Gasteiger partial charge in [0.1, 0.15) is 6.23 Å². The standard InChI is InChI=1S/C19H28N8O3/c1-20-19(30)15-12-27(25-23-15)11-5-2-6-14-8-9-16(24-22-14)21-17(28)13-26-10-4-3-7-18(26)29/h8-9,12,18,29H,2-7,10-11,13H2,1H3,(H,20,30)(H,21,24,28). The van der Waals surface area contributed by atoms with Crippen molar-refractivity contribution in [1.82, 2.24) is 35.4 Å². The second-order valence-electron chi connectivity index (χ2n) is 7.31. The van der Waals surface area contributed by atoms with E-state index in [0.717, 1.165) is 44.3 Å². The predicted molar refractivity (Wildman–Crippen MR) is 108 cm³/mol. The minimum atomic E-state index is -0.550. The molecule has 3 heterocycles. The van der Waals surface area contributed by atoms with Gasteiger partial charge < -0.3 is 15.7 Å². The molecule has 11 nitrogen and oxygen atoms in total. The molecule has 1 saturated heterocycles. The fraction of sp³-hybridized carbons (Fsp3) is 0.579. The molecular formula is C19H28N8O3. The summed E-state index contributed by atoms with van der Waals surface area (Å²) in [6.07, 6.45) is 6.24. The van der Waals surface area contributed by atoms with Crippen LogP contribution in [0, 0.1) is 0 Å². The van der Waals surface area contributed by atoms with Gasteiger partial charge in [-0.25, -0.2) is 0 Å². The maximum Gasteiger partial charge on any atom is 0.273 e. The van der Waals surface area contributed by atoms with Gasteiger partial charge >= 0.3 is 0 Å². The van der Waals surface area contributed by atoms with Crippen LogP contribution in [0.3, 0.4) is 0 Å². The van der Waals surface area contributed by atoms with Gasteiger partial charge in [-0.05, 0) is 50.7 Å². The molecule has 162 valence electrons. The van der Waals surface area contributed by atoms with Crippen LogP contribution in [0.1, 0.15) is 48.3 Å². The number of rotatable bonds is 9. The minimum absolute atomic E-state index is 0.147. The second-order valence-corrected chi connectivity index (χ2v) is 7.31. The first-order chi connectivity index (χ1) is 14.5. The lowest BCUT2D eigenvalue weighted by atomic mass is 10.1. The van der Waals surface area contributed by atoms with Crippen LogP contribution in [0.4, 0.5) is 5.82 Å². The number of anilines is 1. The van der Waals surface area contributed by atoms with E-state index >= 15 is 0 Å². The number of aryl methyl sites for hydroxylation is 2. The monoisotopic (exact) mass is 416 g/mol. The summed E-state index contributed by atoms with van der Waals surface area (Å²) in [4.78, 5) is 25.4. The predicted octanol–water partition coefficient (Wildman–Crippen LogP) is 0.193. The maximum atomic E-state index is 12.1. The molecule has 0 bridgehead atoms. The Bertz CT molecular complexity index is 839. The van der Waals surface area contributed by atoms with Crippen LogP contribution >= 0.6 is 0 Å². The molecule has 1 atom stereocenters. The van der Waals surface area contributed by atoms with Crippen molar-refractivity contribution in [1.29, 1.82) is 0 Å². The summed E-state index contributed by atoms with van der Waals surface area (Å²) >= 11 is 0. The molecule has 0 spiro atoms. The van der Waals surface area contributed by atoms with Crippen molar-refractivity contribution in [3.8, 4) is 0 Å². The number of piperidine rings is 1. The molecule has 1 aliphatic rings. The SMILES string of the molecule is CNC(=O)c1cn(CCCCc2ccc(NC(=O)CN3CCCCC3O)nn2)nn1. The van der Waals surface area contributed by atoms with E-state index in [1.54, 1.807) is 28.9 Å². The lowest BCUT2D eigenvalue weighted by Crippen LogP contribution is -2.43. The fourth-order valence-electron chi connectivity index (χ4n) is 3.30. The molecule has 0 radical (unpaired) electrons. The third kappa shape index (κ3) is 6.29. The highest BCUT2D eigenvalue weighted by atomic mass is 16.3. The van der Waals surface area contributed by atoms with E-state index in [1.165, 1.54) is 0 Å². The van der Waals surface area contributed by atoms with Gasteiger partial charge in [0.05, 0.1) is 18.4 Å². The number of nitrogens with one attached hydrogen (secondary N) is 2. The van der Waals surface area contributed by atoms with Crippen LogP contribution in [0.2, 0.25) is 0 Å². The Labute approximate surface area is 174 Å². The number of aromatic nitrogens is 5. The van der Waals surface area contributed by atoms with E-state index in [-0.39, 0.29) is 18.4 Å². The highest BCUT2D eigenvalue weighted by Crippen LogP contribution is 2.14. The highest BCUT2D eigenvalue weighted by molar-refractivity contribution is 5.91. The topological polar surface area (TPSA) is 138 Å². The third-order valence-corrected chi connectivity index (χ3v) is 4.98. The van der Waals surface area contributed by atoms with Crippen molar-refractivity contribution >= 4 is 17.6 Å². The van der Waals surface area contributed by atoms with Crippen LogP contribution < -0.4 is 10.6 Å². The Morgan fingerprint density at radius 2 is 2.07 bits per heavy atom. The van der Waals surface area contributed by atoms with Crippen LogP contribution in [0.25, 0.3) is 0 Å². The van der Waals surface area contributed by atoms with Crippen molar-refractivity contribution < 1.29 is 14.7 Å². The number of likely N-dealkylation sites (tertiary alicyclic amines) is 1. The van der Waals surface area contributed by atoms with Gasteiger partial charge in [0.15, 0.2) is 11.5 Å². The van der Waals surface area contributed by atoms with E-state index in [4.69, 9.17) is 0 Å². The summed E-state index contributed by atoms with van der Waals surface area (Å²) in [5, 5.41) is 31.1. The minimum Gasteiger partial charge on any atom is -0.378 e. The van der Waals surface area contributed by atoms with Crippen LogP contribution in [-0.4, -0.2) is 73.4 Å². The Kier molecular flexibility index (Phi) is 7.80. The van der Waals surface area contributed by atoms with Gasteiger partial charge in [-0.15, -0.1) is 10.2 Å². The van der Waals surface area contributed by atoms with Gasteiger partial charge in [0, 0.05) is 20.1 Å². The number of unbranched alkanes of at least 4 members (excludes halogenated alkanes) is 1. The van der Waals surface area contributed by atoms with Crippen molar-refractivity contribution in [2.75, 3.05) is 25.5 Å². The molecule has 2 aromatic heterocycles. The lowest BCUT2D eigenvalue weighted by Gasteiger charge is -2.31. The molecule has 3 N–H and O–H groups in total. The van der Waals surface area contributed by atoms with Crippen molar-refractivity contribution in [3.05, 3.63) is 29.7 Å². The van der Waals surface area contributed by atoms with Crippen molar-refractivity contribution in [3.63, 3.8) is 0 Å². The molecule has 2 aromatic rings. The summed E-state index contributed by atoms with van der Waals surface area (Å²) in [7, 11) is 1.55. The first-order valence-electron chi connectivity index (χ1n) is 10.2. The number of hydrogen-bond donors (Lipinski definition) is 3. The first-order valence-corrected chi connectivity index (χ1v) is 10.2. The van der Waals surface area contributed by atoms with Gasteiger partial charge in [0.25, 0.3) is 5.91 Å². The fourth-order valence-corrected chi connectivity index (χ4v) is 3.30. The maximum absolute atomic E-state index is 12.1. The van der Waals surface area contributed by atoms with Gasteiger partial charge in [0.2, 0.25) is 5.91 Å². The van der Waals surface area contributed by atoms with Crippen LogP contribution in [0.5, 0.6) is 0 Å². The van der Waals surface area contributed by atoms with Crippen LogP contribution in [-0.2, 0) is 17.8 Å². The molecule has 30 heavy (non-hydrogen) atoms. The Morgan fingerprint density at radius 3 is 2.80 bits per heavy atom. The zero-order valence-corrected chi connectivity index (χ0v) is 17.1. The van der Waals surface area contributed by atoms with E-state index < -0.39 is 6.23 Å². The molecule has 0 aliphatic carbocycles. The van der Waals surface area contributed by atoms with E-state index in [9.17, 15) is 14.7 Å². The average molecular weight is 416 g/mol. The first kappa shape index (κ1) is 21.8. The van der Waals surface area contributed by atoms with Gasteiger partial charge in [-0.3, -0.25) is 19.2 Å². The third-order valence-electron chi connectivity index (χ3n) is 4.98. The summed E-state index contributed by atoms with van der Waals surface area (Å²) in [6.45, 7) is 1.53. The van der Waals surface area contributed by atoms with Crippen molar-refractivity contribution in [2.45, 2.75) is 51.3 Å². The molecule has 1 aliphatic heterocycles. The summed E-state index contributed by atoms with van der Waals surface area (Å²) < 4.78 is 1.65. The molecule has 1 fully saturated rings. The molecular weight excluding hydrogens is 388 g/mol. The van der Waals surface area contributed by atoms with E-state index in [2.05, 4.69) is 31.1 Å². The Morgan fingerprint density at radius 1 is 1.20 bits per heavy atom. The number of nitrogens with zero attached hydrogens (tertiary/aromatic N) is 6. The number of aliphatic hydroxyl groups excluding tert-OH is 1. The van der Waals surface area contributed by atoms with E-state index in [1.807, 2.05) is 6.07 Å². The summed E-state index contributed by atoms with van der Waals surface area (Å²) in [5.41, 5.74) is 1.14. The smallest absolute Gasteiger partial charge is 0.273 e. The zero-order chi connectivity index (χ0) is 21.3. The van der Waals surface area contributed by atoms with Gasteiger partial charge in [-0.1, -0.05) is 5.21 Å². The number of carbonyl (C=O) groups excluding carboxylic acids is 2. The lowest BCUT2D eigenvalue weighted by molar-refractivity contribution is -0.121. The summed E-state index contributed by atoms with van der Waals surface area (Å²) in [6, 6.07) is 3.58. The molecule has 0 saturated carbocycles. The number of amides is 2. The number of carbonyl (C=O) groups is 2. The van der Waals surface area contributed by atoms with Gasteiger partial charge in [-0.2, -0.15) is 5.10 Å². The molecule has 0 aromatic carbocycles. The Hall–Kier alpha value is -2.92. The number of hydrogen-bond acceptors (Lipinski definition) is 8.